The van der Waals surface area contributed by atoms with Gasteiger partial charge in [-0.2, -0.15) is 0 Å². The number of carbonyl (C=O) groups excluding carboxylic acids is 2. The van der Waals surface area contributed by atoms with Crippen LogP contribution in [0.25, 0.3) is 0 Å². The largest absolute Gasteiger partial charge is 0.447 e. The third-order valence-electron chi connectivity index (χ3n) is 4.52. The molecule has 0 spiro atoms. The van der Waals surface area contributed by atoms with Crippen molar-refractivity contribution in [3.8, 4) is 0 Å². The highest BCUT2D eigenvalue weighted by atomic mass is 16.6. The number of nitrogens with zero attached hydrogens (tertiary/aromatic N) is 1. The minimum absolute atomic E-state index is 0.0307. The molecule has 2 amide bonds. The van der Waals surface area contributed by atoms with Crippen molar-refractivity contribution < 1.29 is 19.4 Å². The Kier molecular flexibility index (Phi) is 5.02. The molecule has 0 bridgehead atoms. The molecule has 114 valence electrons. The molecule has 5 nitrogen and oxygen atoms in total. The van der Waals surface area contributed by atoms with E-state index in [1.807, 2.05) is 13.8 Å². The summed E-state index contributed by atoms with van der Waals surface area (Å²) in [5.74, 6) is 0.0605. The van der Waals surface area contributed by atoms with Gasteiger partial charge in [0.2, 0.25) is 5.91 Å². The first-order valence-electron chi connectivity index (χ1n) is 7.67. The highest BCUT2D eigenvalue weighted by Crippen LogP contribution is 2.29. The first kappa shape index (κ1) is 15.3. The molecule has 0 aromatic rings. The fourth-order valence-electron chi connectivity index (χ4n) is 3.18. The molecule has 1 saturated carbocycles. The predicted octanol–water partition coefficient (Wildman–Crippen LogP) is 2.32. The topological polar surface area (TPSA) is 66.8 Å². The number of amides is 2. The van der Waals surface area contributed by atoms with Crippen molar-refractivity contribution in [1.82, 2.24) is 4.90 Å². The number of aliphatic hydroxyl groups is 1. The van der Waals surface area contributed by atoms with Crippen molar-refractivity contribution in [2.75, 3.05) is 6.61 Å². The van der Waals surface area contributed by atoms with Crippen LogP contribution >= 0.6 is 0 Å². The number of imide groups is 1. The van der Waals surface area contributed by atoms with Gasteiger partial charge in [0.25, 0.3) is 0 Å². The van der Waals surface area contributed by atoms with Crippen LogP contribution in [0.3, 0.4) is 0 Å². The van der Waals surface area contributed by atoms with E-state index in [2.05, 4.69) is 0 Å². The highest BCUT2D eigenvalue weighted by molar-refractivity contribution is 5.93. The monoisotopic (exact) mass is 283 g/mol. The number of ether oxygens (including phenoxy) is 1. The van der Waals surface area contributed by atoms with Gasteiger partial charge < -0.3 is 9.84 Å². The first-order valence-corrected chi connectivity index (χ1v) is 7.67. The lowest BCUT2D eigenvalue weighted by atomic mass is 9.84. The summed E-state index contributed by atoms with van der Waals surface area (Å²) >= 11 is 0. The summed E-state index contributed by atoms with van der Waals surface area (Å²) in [5.41, 5.74) is 0. The standard InChI is InChI=1S/C15H25NO4/c1-10(2)12-9-20-15(19)16(12)14(18)8-13(17)11-6-4-3-5-7-11/h10-13,17H,3-9H2,1-2H3/t12-,13?/m1/s1. The summed E-state index contributed by atoms with van der Waals surface area (Å²) in [5, 5.41) is 10.2. The normalized spacial score (nSPS) is 25.9. The smallest absolute Gasteiger partial charge is 0.416 e. The zero-order valence-corrected chi connectivity index (χ0v) is 12.4. The third-order valence-corrected chi connectivity index (χ3v) is 4.52. The Morgan fingerprint density at radius 1 is 1.35 bits per heavy atom. The number of carbonyl (C=O) groups is 2. The number of cyclic esters (lactones) is 1. The van der Waals surface area contributed by atoms with Crippen LogP contribution in [0, 0.1) is 11.8 Å². The Morgan fingerprint density at radius 2 is 2.00 bits per heavy atom. The fourth-order valence-corrected chi connectivity index (χ4v) is 3.18. The van der Waals surface area contributed by atoms with Crippen molar-refractivity contribution in [3.05, 3.63) is 0 Å². The molecular formula is C15H25NO4. The van der Waals surface area contributed by atoms with Gasteiger partial charge in [-0.05, 0) is 24.7 Å². The number of aliphatic hydroxyl groups excluding tert-OH is 1. The molecule has 1 heterocycles. The average molecular weight is 283 g/mol. The van der Waals surface area contributed by atoms with Crippen LogP contribution in [-0.4, -0.2) is 40.8 Å². The van der Waals surface area contributed by atoms with Crippen LogP contribution in [0.4, 0.5) is 4.79 Å². The first-order chi connectivity index (χ1) is 9.50. The van der Waals surface area contributed by atoms with Gasteiger partial charge in [0, 0.05) is 0 Å². The molecule has 2 fully saturated rings. The van der Waals surface area contributed by atoms with E-state index in [-0.39, 0.29) is 36.8 Å². The molecular weight excluding hydrogens is 258 g/mol. The molecule has 20 heavy (non-hydrogen) atoms. The summed E-state index contributed by atoms with van der Waals surface area (Å²) < 4.78 is 4.97. The van der Waals surface area contributed by atoms with Crippen LogP contribution in [-0.2, 0) is 9.53 Å². The summed E-state index contributed by atoms with van der Waals surface area (Å²) in [4.78, 5) is 25.2. The lowest BCUT2D eigenvalue weighted by Gasteiger charge is -2.28. The molecule has 2 rings (SSSR count). The van der Waals surface area contributed by atoms with Crippen LogP contribution in [0.15, 0.2) is 0 Å². The van der Waals surface area contributed by atoms with E-state index in [4.69, 9.17) is 4.74 Å². The second-order valence-corrected chi connectivity index (χ2v) is 6.32. The Balaban J connectivity index is 1.94. The molecule has 0 aromatic carbocycles. The average Bonchev–Trinajstić information content (AvgIpc) is 2.81. The SMILES string of the molecule is CC(C)[C@H]1COC(=O)N1C(=O)CC(O)C1CCCCC1. The van der Waals surface area contributed by atoms with Crippen molar-refractivity contribution in [3.63, 3.8) is 0 Å². The molecule has 1 aliphatic heterocycles. The molecule has 1 N–H and O–H groups in total. The van der Waals surface area contributed by atoms with E-state index in [9.17, 15) is 14.7 Å². The van der Waals surface area contributed by atoms with E-state index in [0.717, 1.165) is 25.7 Å². The van der Waals surface area contributed by atoms with E-state index >= 15 is 0 Å². The second-order valence-electron chi connectivity index (χ2n) is 6.32. The van der Waals surface area contributed by atoms with E-state index in [1.165, 1.54) is 11.3 Å². The summed E-state index contributed by atoms with van der Waals surface area (Å²) in [6.45, 7) is 4.19. The molecule has 1 aliphatic carbocycles. The Morgan fingerprint density at radius 3 is 2.60 bits per heavy atom. The minimum Gasteiger partial charge on any atom is -0.447 e. The molecule has 2 aliphatic rings. The van der Waals surface area contributed by atoms with Crippen LogP contribution in [0.1, 0.15) is 52.4 Å². The Hall–Kier alpha value is -1.10. The van der Waals surface area contributed by atoms with Gasteiger partial charge in [-0.25, -0.2) is 9.69 Å². The van der Waals surface area contributed by atoms with Crippen LogP contribution in [0.5, 0.6) is 0 Å². The minimum atomic E-state index is -0.635. The van der Waals surface area contributed by atoms with Gasteiger partial charge >= 0.3 is 6.09 Å². The van der Waals surface area contributed by atoms with E-state index in [0.29, 0.717) is 0 Å². The predicted molar refractivity (Wildman–Crippen MR) is 74.0 cm³/mol. The second kappa shape index (κ2) is 6.57. The molecule has 2 atom stereocenters. The maximum Gasteiger partial charge on any atom is 0.416 e. The van der Waals surface area contributed by atoms with Crippen molar-refractivity contribution >= 4 is 12.0 Å². The lowest BCUT2D eigenvalue weighted by molar-refractivity contribution is -0.132. The number of hydrogen-bond donors (Lipinski definition) is 1. The maximum atomic E-state index is 12.3. The van der Waals surface area contributed by atoms with Crippen molar-refractivity contribution in [2.24, 2.45) is 11.8 Å². The zero-order chi connectivity index (χ0) is 14.7. The summed E-state index contributed by atoms with van der Waals surface area (Å²) in [6, 6.07) is -0.200. The molecule has 1 saturated heterocycles. The Bertz CT molecular complexity index is 363. The quantitative estimate of drug-likeness (QED) is 0.860. The highest BCUT2D eigenvalue weighted by Gasteiger charge is 2.40. The third kappa shape index (κ3) is 3.32. The van der Waals surface area contributed by atoms with Gasteiger partial charge in [0.1, 0.15) is 6.61 Å². The molecule has 5 heteroatoms. The summed E-state index contributed by atoms with van der Waals surface area (Å²) in [6.07, 6.45) is 4.24. The van der Waals surface area contributed by atoms with Crippen LogP contribution < -0.4 is 0 Å². The number of rotatable bonds is 4. The van der Waals surface area contributed by atoms with E-state index in [1.54, 1.807) is 0 Å². The maximum absolute atomic E-state index is 12.3. The van der Waals surface area contributed by atoms with Gasteiger partial charge in [-0.15, -0.1) is 0 Å². The fraction of sp³-hybridized carbons (Fsp3) is 0.867. The van der Waals surface area contributed by atoms with Gasteiger partial charge in [0.15, 0.2) is 0 Å². The molecule has 0 radical (unpaired) electrons. The number of hydrogen-bond acceptors (Lipinski definition) is 4. The van der Waals surface area contributed by atoms with Crippen molar-refractivity contribution in [2.45, 2.75) is 64.5 Å². The molecule has 0 aromatic heterocycles. The van der Waals surface area contributed by atoms with E-state index < -0.39 is 12.2 Å². The van der Waals surface area contributed by atoms with Gasteiger partial charge in [0.05, 0.1) is 18.6 Å². The van der Waals surface area contributed by atoms with Crippen molar-refractivity contribution in [1.29, 1.82) is 0 Å². The molecule has 1 unspecified atom stereocenters. The Labute approximate surface area is 120 Å². The van der Waals surface area contributed by atoms with Gasteiger partial charge in [-0.3, -0.25) is 4.79 Å². The summed E-state index contributed by atoms with van der Waals surface area (Å²) in [7, 11) is 0. The van der Waals surface area contributed by atoms with Crippen LogP contribution in [0.2, 0.25) is 0 Å². The lowest BCUT2D eigenvalue weighted by Crippen LogP contribution is -2.43. The zero-order valence-electron chi connectivity index (χ0n) is 12.4. The van der Waals surface area contributed by atoms with Gasteiger partial charge in [-0.1, -0.05) is 33.1 Å².